The number of carboxylic acids is 1. The molecule has 104 valence electrons. The predicted molar refractivity (Wildman–Crippen MR) is 69.4 cm³/mol. The Balaban J connectivity index is 2.61. The van der Waals surface area contributed by atoms with E-state index in [4.69, 9.17) is 5.11 Å². The fraction of sp³-hybridized carbons (Fsp3) is 0.846. The van der Waals surface area contributed by atoms with E-state index in [-0.39, 0.29) is 29.4 Å². The van der Waals surface area contributed by atoms with Crippen LogP contribution in [-0.2, 0) is 4.79 Å². The molecule has 0 aromatic carbocycles. The van der Waals surface area contributed by atoms with Gasteiger partial charge in [0.15, 0.2) is 0 Å². The molecular weight excluding hydrogens is 232 g/mol. The van der Waals surface area contributed by atoms with Crippen LogP contribution in [-0.4, -0.2) is 41.1 Å². The van der Waals surface area contributed by atoms with E-state index < -0.39 is 5.97 Å². The number of amides is 2. The quantitative estimate of drug-likeness (QED) is 0.789. The van der Waals surface area contributed by atoms with E-state index in [2.05, 4.69) is 33.0 Å². The van der Waals surface area contributed by atoms with Gasteiger partial charge in [0, 0.05) is 12.6 Å². The van der Waals surface area contributed by atoms with Gasteiger partial charge < -0.3 is 15.3 Å². The summed E-state index contributed by atoms with van der Waals surface area (Å²) in [4.78, 5) is 24.1. The zero-order valence-corrected chi connectivity index (χ0v) is 11.9. The molecule has 1 saturated carbocycles. The number of rotatable bonds is 5. The summed E-state index contributed by atoms with van der Waals surface area (Å²) in [5.41, 5.74) is 0.119. The van der Waals surface area contributed by atoms with Crippen LogP contribution in [0.4, 0.5) is 4.79 Å². The summed E-state index contributed by atoms with van der Waals surface area (Å²) in [5, 5.41) is 11.7. The van der Waals surface area contributed by atoms with Crippen molar-refractivity contribution in [2.24, 2.45) is 10.8 Å². The smallest absolute Gasteiger partial charge is 0.323 e. The summed E-state index contributed by atoms with van der Waals surface area (Å²) in [5.74, 6) is -0.979. The number of carbonyl (C=O) groups is 2. The lowest BCUT2D eigenvalue weighted by molar-refractivity contribution is -0.137. The Labute approximate surface area is 109 Å². The van der Waals surface area contributed by atoms with Gasteiger partial charge in [0.05, 0.1) is 0 Å². The van der Waals surface area contributed by atoms with Crippen LogP contribution in [0.1, 0.15) is 41.0 Å². The molecule has 1 fully saturated rings. The molecule has 0 radical (unpaired) electrons. The SMILES string of the molecule is CCCN(CC(=O)O)C(=O)NC1C(C)(C)C1(C)C. The van der Waals surface area contributed by atoms with Gasteiger partial charge in [-0.15, -0.1) is 0 Å². The first-order chi connectivity index (χ1) is 8.14. The van der Waals surface area contributed by atoms with Crippen molar-refractivity contribution in [2.45, 2.75) is 47.1 Å². The molecule has 5 heteroatoms. The summed E-state index contributed by atoms with van der Waals surface area (Å²) in [6.45, 7) is 10.6. The average molecular weight is 256 g/mol. The lowest BCUT2D eigenvalue weighted by atomic mass is 10.0. The number of aliphatic carboxylic acids is 1. The lowest BCUT2D eigenvalue weighted by Crippen LogP contribution is -2.45. The van der Waals surface area contributed by atoms with Crippen LogP contribution in [0.25, 0.3) is 0 Å². The summed E-state index contributed by atoms with van der Waals surface area (Å²) in [7, 11) is 0. The second-order valence-electron chi connectivity index (χ2n) is 6.14. The molecule has 1 aliphatic rings. The van der Waals surface area contributed by atoms with E-state index in [1.165, 1.54) is 4.90 Å². The van der Waals surface area contributed by atoms with Gasteiger partial charge in [0.2, 0.25) is 0 Å². The zero-order valence-electron chi connectivity index (χ0n) is 11.9. The number of hydrogen-bond acceptors (Lipinski definition) is 2. The highest BCUT2D eigenvalue weighted by atomic mass is 16.4. The van der Waals surface area contributed by atoms with Crippen LogP contribution in [0.3, 0.4) is 0 Å². The molecular formula is C13H24N2O3. The second kappa shape index (κ2) is 4.78. The zero-order chi connectivity index (χ0) is 14.1. The Hall–Kier alpha value is -1.26. The highest BCUT2D eigenvalue weighted by molar-refractivity contribution is 5.80. The largest absolute Gasteiger partial charge is 0.480 e. The van der Waals surface area contributed by atoms with E-state index in [1.807, 2.05) is 6.92 Å². The van der Waals surface area contributed by atoms with Crippen LogP contribution in [0.15, 0.2) is 0 Å². The van der Waals surface area contributed by atoms with E-state index in [9.17, 15) is 9.59 Å². The molecule has 0 unspecified atom stereocenters. The Morgan fingerprint density at radius 3 is 2.06 bits per heavy atom. The maximum atomic E-state index is 12.0. The molecule has 5 nitrogen and oxygen atoms in total. The highest BCUT2D eigenvalue weighted by Gasteiger charge is 2.65. The monoisotopic (exact) mass is 256 g/mol. The third-order valence-electron chi connectivity index (χ3n) is 4.40. The number of carbonyl (C=O) groups excluding carboxylic acids is 1. The molecule has 0 saturated heterocycles. The number of urea groups is 1. The van der Waals surface area contributed by atoms with Gasteiger partial charge in [0.1, 0.15) is 6.54 Å². The summed E-state index contributed by atoms with van der Waals surface area (Å²) >= 11 is 0. The third kappa shape index (κ3) is 2.60. The van der Waals surface area contributed by atoms with E-state index in [1.54, 1.807) is 0 Å². The number of hydrogen-bond donors (Lipinski definition) is 2. The molecule has 0 bridgehead atoms. The summed E-state index contributed by atoms with van der Waals surface area (Å²) < 4.78 is 0. The first-order valence-corrected chi connectivity index (χ1v) is 6.41. The minimum Gasteiger partial charge on any atom is -0.480 e. The molecule has 18 heavy (non-hydrogen) atoms. The topological polar surface area (TPSA) is 69.6 Å². The maximum absolute atomic E-state index is 12.0. The fourth-order valence-corrected chi connectivity index (χ4v) is 2.46. The molecule has 0 spiro atoms. The molecule has 0 atom stereocenters. The van der Waals surface area contributed by atoms with Crippen LogP contribution < -0.4 is 5.32 Å². The van der Waals surface area contributed by atoms with Crippen molar-refractivity contribution >= 4 is 12.0 Å². The Morgan fingerprint density at radius 1 is 1.22 bits per heavy atom. The molecule has 0 aromatic rings. The first kappa shape index (κ1) is 14.8. The minimum absolute atomic E-state index is 0.0593. The van der Waals surface area contributed by atoms with Crippen molar-refractivity contribution in [3.8, 4) is 0 Å². The number of nitrogens with one attached hydrogen (secondary N) is 1. The van der Waals surface area contributed by atoms with Gasteiger partial charge >= 0.3 is 12.0 Å². The van der Waals surface area contributed by atoms with Gasteiger partial charge in [-0.1, -0.05) is 34.6 Å². The predicted octanol–water partition coefficient (Wildman–Crippen LogP) is 1.93. The van der Waals surface area contributed by atoms with Crippen LogP contribution >= 0.6 is 0 Å². The van der Waals surface area contributed by atoms with Gasteiger partial charge in [-0.3, -0.25) is 4.79 Å². The average Bonchev–Trinajstić information content (AvgIpc) is 2.59. The molecule has 2 N–H and O–H groups in total. The number of carboxylic acid groups (broad SMARTS) is 1. The minimum atomic E-state index is -0.979. The highest BCUT2D eigenvalue weighted by Crippen LogP contribution is 2.62. The van der Waals surface area contributed by atoms with E-state index in [0.717, 1.165) is 6.42 Å². The van der Waals surface area contributed by atoms with Gasteiger partial charge in [-0.25, -0.2) is 4.79 Å². The summed E-state index contributed by atoms with van der Waals surface area (Å²) in [6, 6.07) is -0.173. The standard InChI is InChI=1S/C13H24N2O3/c1-6-7-15(8-9(16)17)11(18)14-10-12(2,3)13(10,4)5/h10H,6-8H2,1-5H3,(H,14,18)(H,16,17). The molecule has 0 aromatic heterocycles. The second-order valence-corrected chi connectivity index (χ2v) is 6.14. The van der Waals surface area contributed by atoms with Crippen molar-refractivity contribution in [3.05, 3.63) is 0 Å². The van der Waals surface area contributed by atoms with Crippen molar-refractivity contribution in [2.75, 3.05) is 13.1 Å². The summed E-state index contributed by atoms with van der Waals surface area (Å²) in [6.07, 6.45) is 0.748. The van der Waals surface area contributed by atoms with E-state index >= 15 is 0 Å². The number of nitrogens with zero attached hydrogens (tertiary/aromatic N) is 1. The van der Waals surface area contributed by atoms with Gasteiger partial charge in [0.25, 0.3) is 0 Å². The van der Waals surface area contributed by atoms with Crippen molar-refractivity contribution < 1.29 is 14.7 Å². The third-order valence-corrected chi connectivity index (χ3v) is 4.40. The normalized spacial score (nSPS) is 20.3. The molecule has 1 aliphatic carbocycles. The van der Waals surface area contributed by atoms with Crippen LogP contribution in [0, 0.1) is 10.8 Å². The molecule has 2 amide bonds. The Bertz CT molecular complexity index is 336. The van der Waals surface area contributed by atoms with Crippen molar-refractivity contribution in [3.63, 3.8) is 0 Å². The van der Waals surface area contributed by atoms with Crippen molar-refractivity contribution in [1.82, 2.24) is 10.2 Å². The Kier molecular flexibility index (Phi) is 3.93. The molecule has 0 aliphatic heterocycles. The van der Waals surface area contributed by atoms with Gasteiger partial charge in [-0.2, -0.15) is 0 Å². The van der Waals surface area contributed by atoms with E-state index in [0.29, 0.717) is 6.54 Å². The maximum Gasteiger partial charge on any atom is 0.323 e. The van der Waals surface area contributed by atoms with Gasteiger partial charge in [-0.05, 0) is 17.3 Å². The molecule has 1 rings (SSSR count). The molecule has 0 heterocycles. The Morgan fingerprint density at radius 2 is 1.72 bits per heavy atom. The van der Waals surface area contributed by atoms with Crippen molar-refractivity contribution in [1.29, 1.82) is 0 Å². The fourth-order valence-electron chi connectivity index (χ4n) is 2.46. The first-order valence-electron chi connectivity index (χ1n) is 6.41. The lowest BCUT2D eigenvalue weighted by Gasteiger charge is -2.21. The van der Waals surface area contributed by atoms with Crippen LogP contribution in [0.2, 0.25) is 0 Å². The van der Waals surface area contributed by atoms with Crippen LogP contribution in [0.5, 0.6) is 0 Å².